The van der Waals surface area contributed by atoms with Crippen LogP contribution < -0.4 is 19.5 Å². The number of ether oxygens (including phenoxy) is 4. The minimum absolute atomic E-state index is 0.0222. The van der Waals surface area contributed by atoms with Gasteiger partial charge in [-0.25, -0.2) is 19.7 Å². The first-order valence-corrected chi connectivity index (χ1v) is 12.7. The molecule has 4 heterocycles. The Labute approximate surface area is 221 Å². The van der Waals surface area contributed by atoms with Crippen molar-refractivity contribution in [3.8, 4) is 27.8 Å². The third kappa shape index (κ3) is 4.63. The number of hydrogen-bond acceptors (Lipinski definition) is 10. The number of methoxy groups -OCH3 is 1. The van der Waals surface area contributed by atoms with Gasteiger partial charge in [-0.2, -0.15) is 0 Å². The largest absolute Gasteiger partial charge is 0.495 e. The molecule has 1 amide bonds. The highest BCUT2D eigenvalue weighted by Gasteiger charge is 2.26. The zero-order valence-electron chi connectivity index (χ0n) is 20.8. The van der Waals surface area contributed by atoms with Crippen molar-refractivity contribution < 1.29 is 23.7 Å². The van der Waals surface area contributed by atoms with Crippen LogP contribution in [0.2, 0.25) is 0 Å². The molecule has 1 aliphatic rings. The number of anilines is 1. The highest BCUT2D eigenvalue weighted by atomic mass is 32.1. The van der Waals surface area contributed by atoms with E-state index in [0.29, 0.717) is 28.8 Å². The summed E-state index contributed by atoms with van der Waals surface area (Å²) in [6, 6.07) is 9.87. The minimum Gasteiger partial charge on any atom is -0.495 e. The SMILES string of the molecule is COc1cnc2c(-c3nc4ccc5c(c4s3)OC[C@H](COC(=O)Nc3cnc(C)nc3)O5)cc(C)cc2c1. The molecular formula is C27H23N5O5S. The molecule has 1 aliphatic heterocycles. The number of aryl methyl sites for hydroxylation is 2. The summed E-state index contributed by atoms with van der Waals surface area (Å²) in [4.78, 5) is 29.7. The smallest absolute Gasteiger partial charge is 0.411 e. The van der Waals surface area contributed by atoms with E-state index in [1.54, 1.807) is 20.2 Å². The molecule has 11 heteroatoms. The molecule has 0 spiro atoms. The van der Waals surface area contributed by atoms with Gasteiger partial charge in [-0.1, -0.05) is 0 Å². The predicted octanol–water partition coefficient (Wildman–Crippen LogP) is 5.32. The normalized spacial score (nSPS) is 14.4. The molecule has 192 valence electrons. The van der Waals surface area contributed by atoms with Crippen LogP contribution in [0.5, 0.6) is 17.2 Å². The maximum absolute atomic E-state index is 12.1. The number of nitrogens with one attached hydrogen (secondary N) is 1. The molecule has 0 bridgehead atoms. The maximum Gasteiger partial charge on any atom is 0.411 e. The average Bonchev–Trinajstić information content (AvgIpc) is 3.37. The number of carbonyl (C=O) groups excluding carboxylic acids is 1. The van der Waals surface area contributed by atoms with Crippen LogP contribution in [-0.2, 0) is 4.74 Å². The van der Waals surface area contributed by atoms with Crippen LogP contribution >= 0.6 is 11.3 Å². The first-order chi connectivity index (χ1) is 18.5. The molecule has 0 saturated heterocycles. The summed E-state index contributed by atoms with van der Waals surface area (Å²) in [5.74, 6) is 2.53. The Balaban J connectivity index is 1.21. The molecule has 0 fully saturated rings. The van der Waals surface area contributed by atoms with Crippen molar-refractivity contribution in [3.05, 3.63) is 60.3 Å². The molecule has 5 aromatic rings. The van der Waals surface area contributed by atoms with Gasteiger partial charge in [0.25, 0.3) is 0 Å². The summed E-state index contributed by atoms with van der Waals surface area (Å²) < 4.78 is 23.7. The van der Waals surface area contributed by atoms with E-state index in [0.717, 1.165) is 37.3 Å². The second-order valence-corrected chi connectivity index (χ2v) is 9.81. The number of benzene rings is 2. The van der Waals surface area contributed by atoms with Crippen molar-refractivity contribution in [1.29, 1.82) is 0 Å². The van der Waals surface area contributed by atoms with Gasteiger partial charge in [0.15, 0.2) is 17.6 Å². The maximum atomic E-state index is 12.1. The first kappa shape index (κ1) is 23.9. The Hall–Kier alpha value is -4.51. The highest BCUT2D eigenvalue weighted by molar-refractivity contribution is 7.22. The van der Waals surface area contributed by atoms with Crippen LogP contribution in [0.1, 0.15) is 11.4 Å². The number of nitrogens with zero attached hydrogens (tertiary/aromatic N) is 4. The van der Waals surface area contributed by atoms with E-state index in [4.69, 9.17) is 23.9 Å². The van der Waals surface area contributed by atoms with E-state index in [9.17, 15) is 4.79 Å². The van der Waals surface area contributed by atoms with Gasteiger partial charge in [0.1, 0.15) is 34.5 Å². The lowest BCUT2D eigenvalue weighted by molar-refractivity contribution is 0.0383. The fraction of sp³-hybridized carbons (Fsp3) is 0.222. The number of pyridine rings is 1. The van der Waals surface area contributed by atoms with Crippen molar-refractivity contribution >= 4 is 44.2 Å². The number of fused-ring (bicyclic) bond motifs is 4. The van der Waals surface area contributed by atoms with Gasteiger partial charge in [0.05, 0.1) is 42.4 Å². The standard InChI is InChI=1S/C27H23N5O5S/c1-14-6-16-8-18(34-3)11-30-23(16)20(7-14)26-32-21-4-5-22-24(25(21)38-26)35-12-19(37-22)13-36-27(33)31-17-9-28-15(2)29-10-17/h4-11,19H,12-13H2,1-3H3,(H,31,33)/t19-/m1/s1. The number of thiazole rings is 1. The summed E-state index contributed by atoms with van der Waals surface area (Å²) in [6.45, 7) is 4.07. The summed E-state index contributed by atoms with van der Waals surface area (Å²) in [6.07, 6.45) is 3.67. The number of amides is 1. The van der Waals surface area contributed by atoms with E-state index in [1.165, 1.54) is 23.7 Å². The van der Waals surface area contributed by atoms with Crippen LogP contribution in [0.4, 0.5) is 10.5 Å². The minimum atomic E-state index is -0.619. The van der Waals surface area contributed by atoms with Crippen molar-refractivity contribution in [2.45, 2.75) is 20.0 Å². The lowest BCUT2D eigenvalue weighted by Gasteiger charge is -2.26. The molecule has 1 atom stereocenters. The molecule has 6 rings (SSSR count). The zero-order chi connectivity index (χ0) is 26.2. The van der Waals surface area contributed by atoms with Gasteiger partial charge in [-0.15, -0.1) is 11.3 Å². The summed E-state index contributed by atoms with van der Waals surface area (Å²) in [5.41, 5.74) is 4.17. The zero-order valence-corrected chi connectivity index (χ0v) is 21.7. The topological polar surface area (TPSA) is 118 Å². The van der Waals surface area contributed by atoms with Gasteiger partial charge in [0, 0.05) is 10.9 Å². The van der Waals surface area contributed by atoms with Gasteiger partial charge in [-0.3, -0.25) is 10.3 Å². The van der Waals surface area contributed by atoms with E-state index in [1.807, 2.05) is 25.1 Å². The molecule has 1 N–H and O–H groups in total. The van der Waals surface area contributed by atoms with Crippen molar-refractivity contribution in [2.24, 2.45) is 0 Å². The molecule has 2 aromatic carbocycles. The molecule has 10 nitrogen and oxygen atoms in total. The Kier molecular flexibility index (Phi) is 6.12. The van der Waals surface area contributed by atoms with Gasteiger partial charge >= 0.3 is 6.09 Å². The van der Waals surface area contributed by atoms with E-state index < -0.39 is 12.2 Å². The van der Waals surface area contributed by atoms with Crippen LogP contribution in [0.25, 0.3) is 31.7 Å². The molecule has 0 radical (unpaired) electrons. The quantitative estimate of drug-likeness (QED) is 0.323. The van der Waals surface area contributed by atoms with E-state index in [-0.39, 0.29) is 13.2 Å². The summed E-state index contributed by atoms with van der Waals surface area (Å²) >= 11 is 1.53. The lowest BCUT2D eigenvalue weighted by atomic mass is 10.1. The number of rotatable bonds is 5. The molecule has 38 heavy (non-hydrogen) atoms. The van der Waals surface area contributed by atoms with E-state index >= 15 is 0 Å². The molecule has 3 aromatic heterocycles. The monoisotopic (exact) mass is 529 g/mol. The van der Waals surface area contributed by atoms with Crippen LogP contribution in [0.3, 0.4) is 0 Å². The Morgan fingerprint density at radius 1 is 1.13 bits per heavy atom. The number of aromatic nitrogens is 4. The Morgan fingerprint density at radius 2 is 1.97 bits per heavy atom. The van der Waals surface area contributed by atoms with E-state index in [2.05, 4.69) is 32.4 Å². The molecular weight excluding hydrogens is 506 g/mol. The van der Waals surface area contributed by atoms with Crippen molar-refractivity contribution in [2.75, 3.05) is 25.6 Å². The fourth-order valence-electron chi connectivity index (χ4n) is 4.20. The van der Waals surface area contributed by atoms with Crippen LogP contribution in [0, 0.1) is 13.8 Å². The third-order valence-electron chi connectivity index (χ3n) is 5.98. The molecule has 0 unspecified atom stereocenters. The first-order valence-electron chi connectivity index (χ1n) is 11.9. The molecule has 0 aliphatic carbocycles. The Morgan fingerprint density at radius 3 is 2.79 bits per heavy atom. The van der Waals surface area contributed by atoms with Gasteiger partial charge in [-0.05, 0) is 49.7 Å². The third-order valence-corrected chi connectivity index (χ3v) is 7.08. The summed E-state index contributed by atoms with van der Waals surface area (Å²) in [5, 5.41) is 4.42. The average molecular weight is 530 g/mol. The highest BCUT2D eigenvalue weighted by Crippen LogP contribution is 2.44. The molecule has 0 saturated carbocycles. The predicted molar refractivity (Wildman–Crippen MR) is 143 cm³/mol. The van der Waals surface area contributed by atoms with Gasteiger partial charge in [0.2, 0.25) is 0 Å². The summed E-state index contributed by atoms with van der Waals surface area (Å²) in [7, 11) is 1.63. The number of hydrogen-bond donors (Lipinski definition) is 1. The van der Waals surface area contributed by atoms with Crippen LogP contribution in [0.15, 0.2) is 48.9 Å². The second-order valence-electron chi connectivity index (χ2n) is 8.81. The number of carbonyl (C=O) groups is 1. The van der Waals surface area contributed by atoms with Gasteiger partial charge < -0.3 is 18.9 Å². The van der Waals surface area contributed by atoms with Crippen molar-refractivity contribution in [1.82, 2.24) is 19.9 Å². The second kappa shape index (κ2) is 9.75. The Bertz CT molecular complexity index is 1670. The van der Waals surface area contributed by atoms with Crippen LogP contribution in [-0.4, -0.2) is 52.5 Å². The van der Waals surface area contributed by atoms with Crippen molar-refractivity contribution in [3.63, 3.8) is 0 Å². The fourth-order valence-corrected chi connectivity index (χ4v) is 5.27. The lowest BCUT2D eigenvalue weighted by Crippen LogP contribution is -2.35.